The van der Waals surface area contributed by atoms with Crippen LogP contribution >= 0.6 is 23.5 Å². The van der Waals surface area contributed by atoms with Gasteiger partial charge in [-0.15, -0.1) is 0 Å². The summed E-state index contributed by atoms with van der Waals surface area (Å²) in [4.78, 5) is 23.1. The van der Waals surface area contributed by atoms with E-state index in [-0.39, 0.29) is 11.4 Å². The summed E-state index contributed by atoms with van der Waals surface area (Å²) in [7, 11) is 0. The predicted octanol–water partition coefficient (Wildman–Crippen LogP) is 6.61. The van der Waals surface area contributed by atoms with Gasteiger partial charge in [0.15, 0.2) is 0 Å². The van der Waals surface area contributed by atoms with Crippen molar-refractivity contribution >= 4 is 46.7 Å². The molecule has 0 saturated heterocycles. The fourth-order valence-electron chi connectivity index (χ4n) is 1.85. The minimum Gasteiger partial charge on any atom is -0.325 e. The fourth-order valence-corrected chi connectivity index (χ4v) is 3.22. The smallest absolute Gasteiger partial charge is 0.325 e. The SMILES string of the molecule is O=C(CSC(F)(F)C(F)(F)C(F)(F)F)Nc1ccc(NC(=O)CSC(F)(F)C(F)(F)C(F)(F)F)cc1. The third-order valence-corrected chi connectivity index (χ3v) is 5.72. The average Bonchev–Trinajstić information content (AvgIpc) is 2.70. The van der Waals surface area contributed by atoms with Crippen LogP contribution in [-0.2, 0) is 9.59 Å². The van der Waals surface area contributed by atoms with Gasteiger partial charge in [-0.2, -0.15) is 61.5 Å². The lowest BCUT2D eigenvalue weighted by Crippen LogP contribution is -2.50. The van der Waals surface area contributed by atoms with E-state index < -0.39 is 81.6 Å². The van der Waals surface area contributed by atoms with Crippen molar-refractivity contribution < 1.29 is 71.1 Å². The van der Waals surface area contributed by atoms with Gasteiger partial charge in [0, 0.05) is 11.4 Å². The van der Waals surface area contributed by atoms with Crippen LogP contribution in [0.4, 0.5) is 72.8 Å². The molecule has 0 saturated carbocycles. The highest BCUT2D eigenvalue weighted by molar-refractivity contribution is 8.01. The van der Waals surface area contributed by atoms with Gasteiger partial charge in [-0.05, 0) is 24.3 Å². The zero-order chi connectivity index (χ0) is 28.4. The monoisotopic (exact) mass is 592 g/mol. The van der Waals surface area contributed by atoms with Gasteiger partial charge in [0.05, 0.1) is 11.5 Å². The van der Waals surface area contributed by atoms with Crippen LogP contribution in [0.2, 0.25) is 0 Å². The predicted molar refractivity (Wildman–Crippen MR) is 101 cm³/mol. The molecule has 0 unspecified atom stereocenters. The molecule has 2 amide bonds. The molecule has 0 bridgehead atoms. The number of hydrogen-bond donors (Lipinski definition) is 2. The summed E-state index contributed by atoms with van der Waals surface area (Å²) < 4.78 is 176. The number of carbonyl (C=O) groups excluding carboxylic acids is 2. The number of carbonyl (C=O) groups is 2. The van der Waals surface area contributed by atoms with Gasteiger partial charge in [-0.1, -0.05) is 23.5 Å². The Hall–Kier alpha value is -2.12. The van der Waals surface area contributed by atoms with Gasteiger partial charge in [-0.25, -0.2) is 0 Å². The second-order valence-electron chi connectivity index (χ2n) is 6.43. The molecule has 0 spiro atoms. The maximum atomic E-state index is 13.2. The molecule has 1 rings (SSSR count). The van der Waals surface area contributed by atoms with Crippen molar-refractivity contribution in [3.63, 3.8) is 0 Å². The molecule has 0 aromatic heterocycles. The standard InChI is InChI=1S/C16H10F14N2O2S2/c17-11(18,13(21,22)23)15(27,28)35-5-9(33)31-7-1-2-8(4-3-7)32-10(34)6-36-16(29,30)12(19,20)14(24,25)26/h1-4H,5-6H2,(H,31,33)(H,32,34). The molecule has 206 valence electrons. The molecule has 0 radical (unpaired) electrons. The first-order valence-corrected chi connectivity index (χ1v) is 10.5. The van der Waals surface area contributed by atoms with E-state index in [4.69, 9.17) is 0 Å². The van der Waals surface area contributed by atoms with Crippen molar-refractivity contribution in [1.82, 2.24) is 0 Å². The summed E-state index contributed by atoms with van der Waals surface area (Å²) in [6, 6.07) is 3.61. The Morgan fingerprint density at radius 1 is 0.556 bits per heavy atom. The van der Waals surface area contributed by atoms with Crippen molar-refractivity contribution in [3.05, 3.63) is 24.3 Å². The van der Waals surface area contributed by atoms with Crippen LogP contribution in [0.15, 0.2) is 24.3 Å². The lowest BCUT2D eigenvalue weighted by Gasteiger charge is -2.27. The summed E-state index contributed by atoms with van der Waals surface area (Å²) in [5.41, 5.74) is -0.537. The molecule has 0 atom stereocenters. The quantitative estimate of drug-likeness (QED) is 0.301. The topological polar surface area (TPSA) is 58.2 Å². The fraction of sp³-hybridized carbons (Fsp3) is 0.500. The first kappa shape index (κ1) is 31.9. The Morgan fingerprint density at radius 2 is 0.806 bits per heavy atom. The molecular weight excluding hydrogens is 582 g/mol. The minimum atomic E-state index is -6.59. The number of thioether (sulfide) groups is 2. The first-order chi connectivity index (χ1) is 15.9. The van der Waals surface area contributed by atoms with Crippen LogP contribution in [-0.4, -0.2) is 58.0 Å². The van der Waals surface area contributed by atoms with Crippen LogP contribution in [0.1, 0.15) is 0 Å². The summed E-state index contributed by atoms with van der Waals surface area (Å²) in [6.07, 6.45) is -13.2. The Morgan fingerprint density at radius 3 is 1.03 bits per heavy atom. The molecule has 20 heteroatoms. The molecule has 0 heterocycles. The lowest BCUT2D eigenvalue weighted by molar-refractivity contribution is -0.330. The number of hydrogen-bond acceptors (Lipinski definition) is 4. The third-order valence-electron chi connectivity index (χ3n) is 3.66. The lowest BCUT2D eigenvalue weighted by atomic mass is 10.3. The normalized spacial score (nSPS) is 13.9. The van der Waals surface area contributed by atoms with Gasteiger partial charge in [0.2, 0.25) is 11.8 Å². The number of benzene rings is 1. The molecule has 36 heavy (non-hydrogen) atoms. The van der Waals surface area contributed by atoms with E-state index >= 15 is 0 Å². The molecule has 2 N–H and O–H groups in total. The van der Waals surface area contributed by atoms with E-state index in [1.165, 1.54) is 0 Å². The van der Waals surface area contributed by atoms with Gasteiger partial charge >= 0.3 is 34.7 Å². The number of amides is 2. The van der Waals surface area contributed by atoms with Crippen molar-refractivity contribution in [2.24, 2.45) is 0 Å². The minimum absolute atomic E-state index is 0.268. The van der Waals surface area contributed by atoms with E-state index in [0.29, 0.717) is 0 Å². The molecule has 0 aliphatic carbocycles. The van der Waals surface area contributed by atoms with E-state index in [1.54, 1.807) is 0 Å². The van der Waals surface area contributed by atoms with Gasteiger partial charge in [0.25, 0.3) is 0 Å². The Balaban J connectivity index is 2.65. The maximum Gasteiger partial charge on any atom is 0.460 e. The Labute approximate surface area is 199 Å². The third kappa shape index (κ3) is 7.45. The van der Waals surface area contributed by atoms with E-state index in [2.05, 4.69) is 0 Å². The van der Waals surface area contributed by atoms with Gasteiger partial charge in [0.1, 0.15) is 0 Å². The molecule has 4 nitrogen and oxygen atoms in total. The summed E-state index contributed by atoms with van der Waals surface area (Å²) >= 11 is -2.60. The van der Waals surface area contributed by atoms with E-state index in [0.717, 1.165) is 24.3 Å². The Kier molecular flexibility index (Phi) is 9.49. The largest absolute Gasteiger partial charge is 0.460 e. The molecule has 0 aliphatic rings. The van der Waals surface area contributed by atoms with Crippen LogP contribution < -0.4 is 10.6 Å². The van der Waals surface area contributed by atoms with Gasteiger partial charge < -0.3 is 10.6 Å². The van der Waals surface area contributed by atoms with E-state index in [1.807, 2.05) is 10.6 Å². The first-order valence-electron chi connectivity index (χ1n) is 8.57. The number of rotatable bonds is 10. The summed E-state index contributed by atoms with van der Waals surface area (Å²) in [5, 5.41) is -7.70. The average molecular weight is 592 g/mol. The van der Waals surface area contributed by atoms with Crippen LogP contribution in [0.3, 0.4) is 0 Å². The molecular formula is C16H10F14N2O2S2. The van der Waals surface area contributed by atoms with Crippen LogP contribution in [0.25, 0.3) is 0 Å². The zero-order valence-electron chi connectivity index (χ0n) is 16.6. The highest BCUT2D eigenvalue weighted by Gasteiger charge is 2.74. The zero-order valence-corrected chi connectivity index (χ0v) is 18.3. The van der Waals surface area contributed by atoms with Crippen LogP contribution in [0.5, 0.6) is 0 Å². The van der Waals surface area contributed by atoms with Crippen LogP contribution in [0, 0.1) is 0 Å². The van der Waals surface area contributed by atoms with Crippen molar-refractivity contribution in [2.75, 3.05) is 22.1 Å². The number of alkyl halides is 14. The maximum absolute atomic E-state index is 13.2. The highest BCUT2D eigenvalue weighted by atomic mass is 32.2. The second kappa shape index (κ2) is 10.7. The summed E-state index contributed by atoms with van der Waals surface area (Å²) in [5.74, 6) is -18.9. The molecule has 1 aromatic rings. The van der Waals surface area contributed by atoms with Crippen molar-refractivity contribution in [2.45, 2.75) is 34.7 Å². The second-order valence-corrected chi connectivity index (χ2v) is 8.61. The number of halogens is 14. The Bertz CT molecular complexity index is 857. The molecule has 0 aliphatic heterocycles. The number of nitrogens with one attached hydrogen (secondary N) is 2. The van der Waals surface area contributed by atoms with Crippen molar-refractivity contribution in [3.8, 4) is 0 Å². The van der Waals surface area contributed by atoms with Gasteiger partial charge in [-0.3, -0.25) is 9.59 Å². The summed E-state index contributed by atoms with van der Waals surface area (Å²) in [6.45, 7) is 0. The molecule has 0 fully saturated rings. The van der Waals surface area contributed by atoms with E-state index in [9.17, 15) is 71.1 Å². The molecule has 1 aromatic carbocycles. The highest BCUT2D eigenvalue weighted by Crippen LogP contribution is 2.52. The van der Waals surface area contributed by atoms with Crippen molar-refractivity contribution in [1.29, 1.82) is 0 Å². The number of anilines is 2.